The second-order valence-electron chi connectivity index (χ2n) is 11.7. The molecule has 2 aromatic heterocycles. The Hall–Kier alpha value is -6.06. The number of aromatic nitrogens is 2. The van der Waals surface area contributed by atoms with Crippen LogP contribution in [0, 0.1) is 5.82 Å². The van der Waals surface area contributed by atoms with Crippen molar-refractivity contribution < 1.29 is 4.39 Å². The van der Waals surface area contributed by atoms with Gasteiger partial charge >= 0.3 is 0 Å². The first-order valence-corrected chi connectivity index (χ1v) is 15.5. The summed E-state index contributed by atoms with van der Waals surface area (Å²) >= 11 is 0. The highest BCUT2D eigenvalue weighted by atomic mass is 19.1. The molecule has 0 aliphatic rings. The minimum atomic E-state index is -0.269. The van der Waals surface area contributed by atoms with Gasteiger partial charge in [0, 0.05) is 28.1 Å². The van der Waals surface area contributed by atoms with Gasteiger partial charge in [0.05, 0.1) is 11.2 Å². The highest BCUT2D eigenvalue weighted by Gasteiger charge is 2.20. The third-order valence-electron chi connectivity index (χ3n) is 9.13. The summed E-state index contributed by atoms with van der Waals surface area (Å²) in [6.07, 6.45) is 1.79. The lowest BCUT2D eigenvalue weighted by atomic mass is 9.85. The molecule has 2 heterocycles. The molecular weight excluding hydrogens is 563 g/mol. The van der Waals surface area contributed by atoms with Crippen LogP contribution in [0.1, 0.15) is 0 Å². The van der Waals surface area contributed by atoms with Crippen LogP contribution >= 0.6 is 0 Å². The quantitative estimate of drug-likeness (QED) is 0.186. The van der Waals surface area contributed by atoms with Crippen LogP contribution in [0.3, 0.4) is 0 Å². The molecule has 2 nitrogen and oxygen atoms in total. The first kappa shape index (κ1) is 26.4. The largest absolute Gasteiger partial charge is 0.294 e. The summed E-state index contributed by atoms with van der Waals surface area (Å²) in [6.45, 7) is 0. The van der Waals surface area contributed by atoms with Gasteiger partial charge in [-0.2, -0.15) is 0 Å². The zero-order valence-corrected chi connectivity index (χ0v) is 24.9. The highest BCUT2D eigenvalue weighted by molar-refractivity contribution is 6.21. The van der Waals surface area contributed by atoms with E-state index < -0.39 is 0 Å². The molecule has 0 aliphatic carbocycles. The third kappa shape index (κ3) is 4.06. The first-order chi connectivity index (χ1) is 22.8. The van der Waals surface area contributed by atoms with Crippen molar-refractivity contribution in [2.45, 2.75) is 0 Å². The second kappa shape index (κ2) is 10.5. The van der Waals surface area contributed by atoms with Crippen LogP contribution < -0.4 is 0 Å². The zero-order valence-electron chi connectivity index (χ0n) is 24.9. The molecule has 9 aromatic rings. The van der Waals surface area contributed by atoms with E-state index in [4.69, 9.17) is 0 Å². The molecule has 216 valence electrons. The second-order valence-corrected chi connectivity index (χ2v) is 11.7. The zero-order chi connectivity index (χ0) is 30.6. The number of benzene rings is 7. The Morgan fingerprint density at radius 1 is 0.435 bits per heavy atom. The van der Waals surface area contributed by atoms with Gasteiger partial charge in [0.15, 0.2) is 0 Å². The van der Waals surface area contributed by atoms with Gasteiger partial charge in [0.1, 0.15) is 11.5 Å². The van der Waals surface area contributed by atoms with E-state index in [9.17, 15) is 0 Å². The number of rotatable bonds is 4. The van der Waals surface area contributed by atoms with Gasteiger partial charge in [-0.3, -0.25) is 4.57 Å². The summed E-state index contributed by atoms with van der Waals surface area (Å²) in [4.78, 5) is 4.69. The maximum absolute atomic E-state index is 16.6. The summed E-state index contributed by atoms with van der Waals surface area (Å²) in [7, 11) is 0. The molecular formula is C43H27FN2. The molecule has 3 heteroatoms. The fourth-order valence-corrected chi connectivity index (χ4v) is 7.09. The number of hydrogen-bond donors (Lipinski definition) is 0. The normalized spacial score (nSPS) is 11.6. The first-order valence-electron chi connectivity index (χ1n) is 15.5. The van der Waals surface area contributed by atoms with E-state index in [0.29, 0.717) is 5.56 Å². The third-order valence-corrected chi connectivity index (χ3v) is 9.13. The lowest BCUT2D eigenvalue weighted by molar-refractivity contribution is 0.630. The molecule has 0 radical (unpaired) electrons. The van der Waals surface area contributed by atoms with Gasteiger partial charge in [0.25, 0.3) is 0 Å². The van der Waals surface area contributed by atoms with Gasteiger partial charge in [-0.1, -0.05) is 121 Å². The maximum atomic E-state index is 16.6. The molecule has 0 saturated carbocycles. The molecule has 0 bridgehead atoms. The smallest absolute Gasteiger partial charge is 0.145 e. The van der Waals surface area contributed by atoms with E-state index in [0.717, 1.165) is 65.9 Å². The van der Waals surface area contributed by atoms with Crippen LogP contribution in [-0.4, -0.2) is 9.55 Å². The van der Waals surface area contributed by atoms with Crippen molar-refractivity contribution in [3.63, 3.8) is 0 Å². The van der Waals surface area contributed by atoms with Gasteiger partial charge in [0.2, 0.25) is 0 Å². The van der Waals surface area contributed by atoms with Crippen molar-refractivity contribution in [1.29, 1.82) is 0 Å². The topological polar surface area (TPSA) is 17.8 Å². The van der Waals surface area contributed by atoms with Crippen LogP contribution in [0.5, 0.6) is 0 Å². The molecule has 0 N–H and O–H groups in total. The Bertz CT molecular complexity index is 2470. The van der Waals surface area contributed by atoms with Crippen LogP contribution in [0.25, 0.3) is 82.5 Å². The Labute approximate surface area is 265 Å². The lowest BCUT2D eigenvalue weighted by Gasteiger charge is -2.18. The average molecular weight is 591 g/mol. The highest BCUT2D eigenvalue weighted by Crippen LogP contribution is 2.45. The maximum Gasteiger partial charge on any atom is 0.145 e. The minimum absolute atomic E-state index is 0.269. The average Bonchev–Trinajstić information content (AvgIpc) is 3.46. The SMILES string of the molecule is Fc1cc(-n2c3ccccc3c3cccnc32)ccc1-c1c2ccccc2c(-c2ccc(-c3ccccc3)cc2)c2ccccc12. The summed E-state index contributed by atoms with van der Waals surface area (Å²) in [5, 5.41) is 6.38. The van der Waals surface area contributed by atoms with Crippen molar-refractivity contribution >= 4 is 43.5 Å². The molecule has 0 unspecified atom stereocenters. The molecule has 0 saturated heterocycles. The van der Waals surface area contributed by atoms with Gasteiger partial charge in [-0.25, -0.2) is 9.37 Å². The van der Waals surface area contributed by atoms with Crippen LogP contribution in [-0.2, 0) is 0 Å². The predicted octanol–water partition coefficient (Wildman–Crippen LogP) is 11.6. The Morgan fingerprint density at radius 3 is 1.65 bits per heavy atom. The van der Waals surface area contributed by atoms with E-state index in [1.807, 2.05) is 48.5 Å². The van der Waals surface area contributed by atoms with Crippen molar-refractivity contribution in [3.8, 4) is 39.1 Å². The van der Waals surface area contributed by atoms with E-state index >= 15 is 4.39 Å². The number of pyridine rings is 1. The summed E-state index contributed by atoms with van der Waals surface area (Å²) in [6, 6.07) is 53.7. The summed E-state index contributed by atoms with van der Waals surface area (Å²) in [5.74, 6) is -0.269. The van der Waals surface area contributed by atoms with Gasteiger partial charge < -0.3 is 0 Å². The van der Waals surface area contributed by atoms with Crippen molar-refractivity contribution in [2.24, 2.45) is 0 Å². The number of fused-ring (bicyclic) bond motifs is 5. The fourth-order valence-electron chi connectivity index (χ4n) is 7.09. The van der Waals surface area contributed by atoms with Crippen molar-refractivity contribution in [3.05, 3.63) is 170 Å². The summed E-state index contributed by atoms with van der Waals surface area (Å²) < 4.78 is 18.6. The van der Waals surface area contributed by atoms with Crippen LogP contribution in [0.4, 0.5) is 4.39 Å². The molecule has 7 aromatic carbocycles. The summed E-state index contributed by atoms with van der Waals surface area (Å²) in [5.41, 5.74) is 8.70. The van der Waals surface area contributed by atoms with Crippen LogP contribution in [0.2, 0.25) is 0 Å². The van der Waals surface area contributed by atoms with Crippen molar-refractivity contribution in [2.75, 3.05) is 0 Å². The van der Waals surface area contributed by atoms with Gasteiger partial charge in [-0.15, -0.1) is 0 Å². The standard InChI is InChI=1S/C43H27FN2/c44-39-27-31(46-40-19-9-8-13-32(40)37-18-10-26-45-43(37)46)24-25-38(39)42-35-16-6-4-14-33(35)41(34-15-5-7-17-36(34)42)30-22-20-29(21-23-30)28-11-2-1-3-12-28/h1-27H. The number of nitrogens with zero attached hydrogens (tertiary/aromatic N) is 2. The lowest BCUT2D eigenvalue weighted by Crippen LogP contribution is -1.98. The molecule has 0 amide bonds. The number of halogens is 1. The number of para-hydroxylation sites is 1. The molecule has 0 aliphatic heterocycles. The molecule has 0 spiro atoms. The predicted molar refractivity (Wildman–Crippen MR) is 190 cm³/mol. The monoisotopic (exact) mass is 590 g/mol. The van der Waals surface area contributed by atoms with E-state index in [1.165, 1.54) is 11.1 Å². The van der Waals surface area contributed by atoms with Crippen LogP contribution in [0.15, 0.2) is 164 Å². The Balaban J connectivity index is 1.25. The number of hydrogen-bond acceptors (Lipinski definition) is 1. The van der Waals surface area contributed by atoms with E-state index in [-0.39, 0.29) is 5.82 Å². The Kier molecular flexibility index (Phi) is 6.04. The molecule has 0 atom stereocenters. The van der Waals surface area contributed by atoms with E-state index in [1.54, 1.807) is 12.3 Å². The molecule has 0 fully saturated rings. The Morgan fingerprint density at radius 2 is 0.978 bits per heavy atom. The van der Waals surface area contributed by atoms with Crippen molar-refractivity contribution in [1.82, 2.24) is 9.55 Å². The molecule has 9 rings (SSSR count). The van der Waals surface area contributed by atoms with Gasteiger partial charge in [-0.05, 0) is 80.2 Å². The fraction of sp³-hybridized carbons (Fsp3) is 0. The van der Waals surface area contributed by atoms with E-state index in [2.05, 4.69) is 113 Å². The minimum Gasteiger partial charge on any atom is -0.294 e. The molecule has 46 heavy (non-hydrogen) atoms.